The van der Waals surface area contributed by atoms with E-state index in [0.717, 1.165) is 11.1 Å². The number of aryl methyl sites for hydroxylation is 2. The third-order valence-corrected chi connectivity index (χ3v) is 4.56. The topological polar surface area (TPSA) is 62.7 Å². The minimum absolute atomic E-state index is 0.265. The summed E-state index contributed by atoms with van der Waals surface area (Å²) in [5.74, 6) is 0.476. The molecule has 0 spiro atoms. The molecule has 0 N–H and O–H groups in total. The Bertz CT molecular complexity index is 848. The highest BCUT2D eigenvalue weighted by Gasteiger charge is 2.16. The Morgan fingerprint density at radius 3 is 2.25 bits per heavy atom. The van der Waals surface area contributed by atoms with E-state index in [0.29, 0.717) is 17.5 Å². The van der Waals surface area contributed by atoms with Crippen LogP contribution in [0.15, 0.2) is 58.2 Å². The van der Waals surface area contributed by atoms with Crippen LogP contribution in [0.1, 0.15) is 16.7 Å². The average molecular weight is 335 g/mol. The van der Waals surface area contributed by atoms with Gasteiger partial charge in [-0.1, -0.05) is 47.5 Å². The second-order valence-electron chi connectivity index (χ2n) is 5.66. The molecule has 5 heteroatoms. The minimum atomic E-state index is -0.265. The molecule has 0 amide bonds. The number of nitrogens with zero attached hydrogens (tertiary/aromatic N) is 3. The molecule has 0 saturated carbocycles. The average Bonchev–Trinajstić information content (AvgIpc) is 3.05. The van der Waals surface area contributed by atoms with E-state index < -0.39 is 0 Å². The number of benzene rings is 2. The highest BCUT2D eigenvalue weighted by atomic mass is 32.2. The normalized spacial score (nSPS) is 11.9. The van der Waals surface area contributed by atoms with E-state index in [2.05, 4.69) is 28.4 Å². The van der Waals surface area contributed by atoms with Crippen LogP contribution >= 0.6 is 11.8 Å². The molecule has 1 atom stereocenters. The first kappa shape index (κ1) is 16.3. The van der Waals surface area contributed by atoms with Gasteiger partial charge in [0.1, 0.15) is 5.25 Å². The van der Waals surface area contributed by atoms with E-state index in [9.17, 15) is 5.26 Å². The van der Waals surface area contributed by atoms with Crippen LogP contribution in [0.3, 0.4) is 0 Å². The van der Waals surface area contributed by atoms with Crippen molar-refractivity contribution in [3.8, 4) is 17.5 Å². The van der Waals surface area contributed by atoms with Gasteiger partial charge in [0, 0.05) is 5.56 Å². The molecule has 1 heterocycles. The molecule has 4 nitrogen and oxygen atoms in total. The Kier molecular flexibility index (Phi) is 4.97. The molecule has 24 heavy (non-hydrogen) atoms. The van der Waals surface area contributed by atoms with Gasteiger partial charge in [0.15, 0.2) is 0 Å². The molecule has 0 aliphatic rings. The number of hydrogen-bond acceptors (Lipinski definition) is 5. The van der Waals surface area contributed by atoms with Crippen molar-refractivity contribution >= 4 is 11.8 Å². The first-order valence-corrected chi connectivity index (χ1v) is 8.54. The van der Waals surface area contributed by atoms with Crippen molar-refractivity contribution in [2.45, 2.75) is 30.7 Å². The van der Waals surface area contributed by atoms with Crippen LogP contribution in [-0.4, -0.2) is 15.4 Å². The van der Waals surface area contributed by atoms with Crippen molar-refractivity contribution < 1.29 is 4.42 Å². The molecular weight excluding hydrogens is 318 g/mol. The Labute approximate surface area is 145 Å². The molecule has 3 rings (SSSR count). The summed E-state index contributed by atoms with van der Waals surface area (Å²) in [4.78, 5) is 0. The van der Waals surface area contributed by atoms with Gasteiger partial charge >= 0.3 is 0 Å². The summed E-state index contributed by atoms with van der Waals surface area (Å²) >= 11 is 1.31. The lowest BCUT2D eigenvalue weighted by molar-refractivity contribution is 0.465. The zero-order chi connectivity index (χ0) is 16.9. The Hall–Kier alpha value is -2.58. The lowest BCUT2D eigenvalue weighted by Gasteiger charge is -2.06. The van der Waals surface area contributed by atoms with Gasteiger partial charge in [-0.2, -0.15) is 5.26 Å². The Morgan fingerprint density at radius 1 is 1.00 bits per heavy atom. The summed E-state index contributed by atoms with van der Waals surface area (Å²) in [6.45, 7) is 4.08. The van der Waals surface area contributed by atoms with Crippen molar-refractivity contribution in [1.82, 2.24) is 10.2 Å². The molecule has 2 aromatic carbocycles. The summed E-state index contributed by atoms with van der Waals surface area (Å²) in [6.07, 6.45) is 0.643. The molecule has 0 radical (unpaired) electrons. The van der Waals surface area contributed by atoms with Crippen LogP contribution in [0.5, 0.6) is 0 Å². The van der Waals surface area contributed by atoms with Crippen LogP contribution in [0.4, 0.5) is 0 Å². The maximum Gasteiger partial charge on any atom is 0.278 e. The molecule has 0 fully saturated rings. The second kappa shape index (κ2) is 7.33. The lowest BCUT2D eigenvalue weighted by atomic mass is 10.1. The lowest BCUT2D eigenvalue weighted by Crippen LogP contribution is -2.03. The fourth-order valence-corrected chi connectivity index (χ4v) is 3.03. The van der Waals surface area contributed by atoms with E-state index in [4.69, 9.17) is 4.42 Å². The fourth-order valence-electron chi connectivity index (χ4n) is 2.24. The van der Waals surface area contributed by atoms with Crippen LogP contribution < -0.4 is 0 Å². The Balaban J connectivity index is 1.69. The van der Waals surface area contributed by atoms with Crippen molar-refractivity contribution in [2.75, 3.05) is 0 Å². The van der Waals surface area contributed by atoms with E-state index in [1.165, 1.54) is 22.9 Å². The zero-order valence-electron chi connectivity index (χ0n) is 13.6. The van der Waals surface area contributed by atoms with E-state index >= 15 is 0 Å². The van der Waals surface area contributed by atoms with Crippen molar-refractivity contribution in [3.63, 3.8) is 0 Å². The number of nitriles is 1. The van der Waals surface area contributed by atoms with Crippen molar-refractivity contribution in [2.24, 2.45) is 0 Å². The van der Waals surface area contributed by atoms with Crippen molar-refractivity contribution in [1.29, 1.82) is 5.26 Å². The molecule has 0 unspecified atom stereocenters. The van der Waals surface area contributed by atoms with Gasteiger partial charge in [0.05, 0.1) is 6.07 Å². The first-order chi connectivity index (χ1) is 11.6. The summed E-state index contributed by atoms with van der Waals surface area (Å²) in [7, 11) is 0. The van der Waals surface area contributed by atoms with Crippen LogP contribution in [0.25, 0.3) is 11.5 Å². The SMILES string of the molecule is Cc1ccc(C[C@H](C#N)Sc2nnc(-c3ccc(C)cc3)o2)cc1. The second-order valence-corrected chi connectivity index (χ2v) is 6.82. The molecular formula is C19H17N3OS. The number of thioether (sulfide) groups is 1. The maximum atomic E-state index is 9.40. The molecule has 120 valence electrons. The summed E-state index contributed by atoms with van der Waals surface area (Å²) in [5.41, 5.74) is 4.39. The fraction of sp³-hybridized carbons (Fsp3) is 0.211. The summed E-state index contributed by atoms with van der Waals surface area (Å²) < 4.78 is 5.69. The van der Waals surface area contributed by atoms with Gasteiger partial charge in [-0.15, -0.1) is 10.2 Å². The maximum absolute atomic E-state index is 9.40. The monoisotopic (exact) mass is 335 g/mol. The quantitative estimate of drug-likeness (QED) is 0.639. The van der Waals surface area contributed by atoms with E-state index in [-0.39, 0.29) is 5.25 Å². The number of rotatable bonds is 5. The molecule has 0 saturated heterocycles. The molecule has 0 aliphatic heterocycles. The van der Waals surface area contributed by atoms with E-state index in [1.807, 2.05) is 50.2 Å². The van der Waals surface area contributed by atoms with Gasteiger partial charge < -0.3 is 4.42 Å². The predicted octanol–water partition coefficient (Wildman–Crippen LogP) is 4.58. The van der Waals surface area contributed by atoms with Crippen LogP contribution in [-0.2, 0) is 6.42 Å². The summed E-state index contributed by atoms with van der Waals surface area (Å²) in [6, 6.07) is 18.4. The third-order valence-electron chi connectivity index (χ3n) is 3.63. The minimum Gasteiger partial charge on any atom is -0.411 e. The smallest absolute Gasteiger partial charge is 0.278 e. The molecule has 0 aliphatic carbocycles. The summed E-state index contributed by atoms with van der Waals surface area (Å²) in [5, 5.41) is 17.7. The van der Waals surface area contributed by atoms with Gasteiger partial charge in [0.2, 0.25) is 5.89 Å². The third kappa shape index (κ3) is 4.03. The van der Waals surface area contributed by atoms with Gasteiger partial charge in [-0.25, -0.2) is 0 Å². The predicted molar refractivity (Wildman–Crippen MR) is 94.6 cm³/mol. The standard InChI is InChI=1S/C19H17N3OS/c1-13-3-7-15(8-4-13)11-17(12-20)24-19-22-21-18(23-19)16-9-5-14(2)6-10-16/h3-10,17H,11H2,1-2H3/t17-/m1/s1. The van der Waals surface area contributed by atoms with Gasteiger partial charge in [0.25, 0.3) is 5.22 Å². The van der Waals surface area contributed by atoms with E-state index in [1.54, 1.807) is 0 Å². The van der Waals surface area contributed by atoms with Crippen LogP contribution in [0, 0.1) is 25.2 Å². The van der Waals surface area contributed by atoms with Gasteiger partial charge in [-0.05, 0) is 49.7 Å². The largest absolute Gasteiger partial charge is 0.411 e. The number of aromatic nitrogens is 2. The highest BCUT2D eigenvalue weighted by Crippen LogP contribution is 2.27. The van der Waals surface area contributed by atoms with Crippen molar-refractivity contribution in [3.05, 3.63) is 65.2 Å². The number of hydrogen-bond donors (Lipinski definition) is 0. The highest BCUT2D eigenvalue weighted by molar-refractivity contribution is 7.99. The first-order valence-electron chi connectivity index (χ1n) is 7.66. The Morgan fingerprint density at radius 2 is 1.62 bits per heavy atom. The molecule has 1 aromatic heterocycles. The zero-order valence-corrected chi connectivity index (χ0v) is 14.4. The van der Waals surface area contributed by atoms with Gasteiger partial charge in [-0.3, -0.25) is 0 Å². The molecule has 3 aromatic rings. The van der Waals surface area contributed by atoms with Crippen LogP contribution in [0.2, 0.25) is 0 Å². The molecule has 0 bridgehead atoms.